The Bertz CT molecular complexity index is 3910. The summed E-state index contributed by atoms with van der Waals surface area (Å²) in [6.45, 7) is 0. The van der Waals surface area contributed by atoms with Gasteiger partial charge in [0, 0.05) is 70.5 Å². The summed E-state index contributed by atoms with van der Waals surface area (Å²) in [6.07, 6.45) is 10.8. The van der Waals surface area contributed by atoms with Crippen LogP contribution < -0.4 is 9.47 Å². The van der Waals surface area contributed by atoms with Gasteiger partial charge in [-0.2, -0.15) is 22.3 Å². The van der Waals surface area contributed by atoms with Crippen LogP contribution in [-0.2, 0) is 42.1 Å². The van der Waals surface area contributed by atoms with Gasteiger partial charge in [0.1, 0.15) is 22.8 Å². The molecule has 0 N–H and O–H groups in total. The van der Waals surface area contributed by atoms with Crippen molar-refractivity contribution in [1.29, 1.82) is 0 Å². The molecular weight excluding hydrogens is 1210 g/mol. The van der Waals surface area contributed by atoms with Gasteiger partial charge in [0.2, 0.25) is 0 Å². The van der Waals surface area contributed by atoms with Crippen LogP contribution in [0.5, 0.6) is 23.0 Å². The van der Waals surface area contributed by atoms with Gasteiger partial charge in [0.15, 0.2) is 0 Å². The number of benzene rings is 6. The van der Waals surface area contributed by atoms with Gasteiger partial charge in [-0.25, -0.2) is 9.97 Å². The molecule has 0 spiro atoms. The van der Waals surface area contributed by atoms with Gasteiger partial charge in [0.05, 0.1) is 22.7 Å². The van der Waals surface area contributed by atoms with Crippen LogP contribution in [-0.4, -0.2) is 38.7 Å². The van der Waals surface area contributed by atoms with Crippen LogP contribution in [0.4, 0.5) is 0 Å². The second-order valence-corrected chi connectivity index (χ2v) is 15.7. The average molecular weight is 1240 g/mol. The Morgan fingerprint density at radius 3 is 1.31 bits per heavy atom. The minimum atomic E-state index is 0. The molecule has 0 atom stereocenters. The van der Waals surface area contributed by atoms with Gasteiger partial charge >= 0.3 is 42.1 Å². The van der Waals surface area contributed by atoms with Crippen LogP contribution in [0, 0.1) is 24.3 Å². The normalized spacial score (nSPS) is 11.6. The molecule has 68 heavy (non-hydrogen) atoms. The number of pyridine rings is 2. The van der Waals surface area contributed by atoms with Crippen LogP contribution in [0.15, 0.2) is 179 Å². The molecule has 0 aliphatic heterocycles. The van der Waals surface area contributed by atoms with E-state index in [9.17, 15) is 0 Å². The molecule has 0 radical (unpaired) electrons. The van der Waals surface area contributed by atoms with E-state index in [1.54, 1.807) is 34.2 Å². The van der Waals surface area contributed by atoms with E-state index >= 15 is 0 Å². The standard InChI is InChI=1S/C54H28N8O4.2Pt/c1-3-13-45-37(11-1)41-27-33(59-25-9-23-57-59)29-47(53(41)65-45)63-35-17-19-39-43(31-35)61(49-15-5-7-21-55-49)52-40-20-18-36(32-44(40)62(51(39)52)50-16-6-8-22-56-50)64-48-30-34(60-26-10-24-58-60)28-42-38-12-2-4-14-46(38)66-54(42)48;;/h1-28H;;/q-4;2*+2. The zero-order valence-electron chi connectivity index (χ0n) is 35.0. The maximum absolute atomic E-state index is 6.75. The summed E-state index contributed by atoms with van der Waals surface area (Å²) in [4.78, 5) is 9.74. The summed E-state index contributed by atoms with van der Waals surface area (Å²) < 4.78 is 34.0. The van der Waals surface area contributed by atoms with Crippen LogP contribution in [0.3, 0.4) is 0 Å². The fourth-order valence-corrected chi connectivity index (χ4v) is 9.02. The monoisotopic (exact) mass is 1240 g/mol. The summed E-state index contributed by atoms with van der Waals surface area (Å²) in [5, 5.41) is 14.4. The van der Waals surface area contributed by atoms with E-state index < -0.39 is 0 Å². The van der Waals surface area contributed by atoms with E-state index in [4.69, 9.17) is 28.3 Å². The average Bonchev–Trinajstić information content (AvgIpc) is 4.24. The molecule has 8 heterocycles. The molecule has 14 heteroatoms. The maximum atomic E-state index is 6.75. The Kier molecular flexibility index (Phi) is 9.97. The molecule has 12 nitrogen and oxygen atoms in total. The largest absolute Gasteiger partial charge is 2.00 e. The van der Waals surface area contributed by atoms with E-state index in [1.807, 2.05) is 146 Å². The van der Waals surface area contributed by atoms with Gasteiger partial charge in [0.25, 0.3) is 0 Å². The molecule has 0 saturated carbocycles. The zero-order chi connectivity index (χ0) is 43.3. The molecule has 0 amide bonds. The van der Waals surface area contributed by atoms with Crippen LogP contribution in [0.2, 0.25) is 0 Å². The number of hydrogen-bond acceptors (Lipinski definition) is 8. The molecule has 6 aromatic carbocycles. The first-order chi connectivity index (χ1) is 32.7. The van der Waals surface area contributed by atoms with Crippen molar-refractivity contribution < 1.29 is 60.4 Å². The van der Waals surface area contributed by atoms with E-state index in [0.29, 0.717) is 57.2 Å². The maximum Gasteiger partial charge on any atom is 2.00 e. The quantitative estimate of drug-likeness (QED) is 0.138. The van der Waals surface area contributed by atoms with E-state index in [0.717, 1.165) is 65.6 Å². The van der Waals surface area contributed by atoms with Crippen molar-refractivity contribution in [1.82, 2.24) is 38.7 Å². The molecule has 14 rings (SSSR count). The van der Waals surface area contributed by atoms with Gasteiger partial charge in [-0.3, -0.25) is 9.36 Å². The second-order valence-electron chi connectivity index (χ2n) is 15.7. The minimum absolute atomic E-state index is 0. The van der Waals surface area contributed by atoms with E-state index in [-0.39, 0.29) is 42.1 Å². The van der Waals surface area contributed by atoms with E-state index in [2.05, 4.69) is 43.6 Å². The number of hydrogen-bond donors (Lipinski definition) is 0. The number of rotatable bonds is 8. The third kappa shape index (κ3) is 6.51. The molecule has 14 aromatic rings. The van der Waals surface area contributed by atoms with Crippen LogP contribution >= 0.6 is 0 Å². The first kappa shape index (κ1) is 41.4. The van der Waals surface area contributed by atoms with Crippen LogP contribution in [0.25, 0.3) is 99.7 Å². The molecule has 328 valence electrons. The number of nitrogens with zero attached hydrogens (tertiary/aromatic N) is 8. The molecule has 0 unspecified atom stereocenters. The molecule has 0 saturated heterocycles. The number of ether oxygens (including phenoxy) is 2. The van der Waals surface area contributed by atoms with Crippen molar-refractivity contribution in [3.8, 4) is 46.0 Å². The Morgan fingerprint density at radius 2 is 0.882 bits per heavy atom. The minimum Gasteiger partial charge on any atom is -0.512 e. The summed E-state index contributed by atoms with van der Waals surface area (Å²) >= 11 is 0. The molecule has 0 bridgehead atoms. The van der Waals surface area contributed by atoms with Gasteiger partial charge < -0.3 is 27.4 Å². The molecule has 0 aliphatic rings. The van der Waals surface area contributed by atoms with Gasteiger partial charge in [-0.1, -0.05) is 81.1 Å². The zero-order valence-corrected chi connectivity index (χ0v) is 39.6. The first-order valence-electron chi connectivity index (χ1n) is 21.1. The third-order valence-electron chi connectivity index (χ3n) is 11.8. The number of aromatic nitrogens is 8. The topological polar surface area (TPSA) is 116 Å². The molecule has 8 aromatic heterocycles. The summed E-state index contributed by atoms with van der Waals surface area (Å²) in [7, 11) is 0. The Morgan fingerprint density at radius 1 is 0.426 bits per heavy atom. The Hall–Kier alpha value is -8.04. The smallest absolute Gasteiger partial charge is 0.512 e. The van der Waals surface area contributed by atoms with Crippen molar-refractivity contribution in [3.05, 3.63) is 195 Å². The second kappa shape index (κ2) is 16.4. The van der Waals surface area contributed by atoms with E-state index in [1.165, 1.54) is 0 Å². The Labute approximate surface area is 414 Å². The third-order valence-corrected chi connectivity index (χ3v) is 11.8. The molecule has 0 aliphatic carbocycles. The fourth-order valence-electron chi connectivity index (χ4n) is 9.02. The molecular formula is C54H28N8O4Pt2. The molecule has 0 fully saturated rings. The number of para-hydroxylation sites is 2. The first-order valence-corrected chi connectivity index (χ1v) is 21.1. The summed E-state index contributed by atoms with van der Waals surface area (Å²) in [6, 6.07) is 57.3. The van der Waals surface area contributed by atoms with Crippen LogP contribution in [0.1, 0.15) is 0 Å². The van der Waals surface area contributed by atoms with Crippen molar-refractivity contribution >= 4 is 76.7 Å². The van der Waals surface area contributed by atoms with Gasteiger partial charge in [-0.05, 0) is 59.9 Å². The van der Waals surface area contributed by atoms with Crippen molar-refractivity contribution in [2.75, 3.05) is 0 Å². The predicted molar refractivity (Wildman–Crippen MR) is 250 cm³/mol. The number of furan rings is 2. The van der Waals surface area contributed by atoms with Gasteiger partial charge in [-0.15, -0.1) is 48.5 Å². The van der Waals surface area contributed by atoms with Crippen molar-refractivity contribution in [2.45, 2.75) is 0 Å². The SMILES string of the molecule is [Pt+2].[Pt+2].[c-]1c(-n2cccn2)cc2c(oc3ccccc32)c1Oc1[c-]c2c(cc1)c1c(c3ccc(Oc4[c-]c(-n5cccn5)cc5c4oc4ccccc45)[c-]c3n1-c1ccccn1)n2-c1ccccn1. The predicted octanol–water partition coefficient (Wildman–Crippen LogP) is 12.5. The summed E-state index contributed by atoms with van der Waals surface area (Å²) in [5.74, 6) is 3.10. The summed E-state index contributed by atoms with van der Waals surface area (Å²) in [5.41, 5.74) is 7.26. The van der Waals surface area contributed by atoms with Crippen molar-refractivity contribution in [2.24, 2.45) is 0 Å². The fraction of sp³-hybridized carbons (Fsp3) is 0. The Balaban J connectivity index is 0.00000240. The van der Waals surface area contributed by atoms with Crippen molar-refractivity contribution in [3.63, 3.8) is 0 Å². The number of fused-ring (bicyclic) bond motifs is 11.